The van der Waals surface area contributed by atoms with Crippen LogP contribution in [0.4, 0.5) is 0 Å². The Morgan fingerprint density at radius 2 is 2.12 bits per heavy atom. The molecule has 1 heterocycles. The molecule has 0 aromatic carbocycles. The van der Waals surface area contributed by atoms with Crippen molar-refractivity contribution in [1.29, 1.82) is 0 Å². The van der Waals surface area contributed by atoms with E-state index in [1.807, 2.05) is 0 Å². The average Bonchev–Trinajstić information content (AvgIpc) is 2.67. The van der Waals surface area contributed by atoms with E-state index in [9.17, 15) is 0 Å². The predicted octanol–water partition coefficient (Wildman–Crippen LogP) is 3.95. The minimum Gasteiger partial charge on any atom is -0.316 e. The van der Waals surface area contributed by atoms with E-state index in [2.05, 4.69) is 49.8 Å². The second-order valence-corrected chi connectivity index (χ2v) is 6.38. The van der Waals surface area contributed by atoms with Crippen molar-refractivity contribution in [1.82, 2.24) is 5.32 Å². The summed E-state index contributed by atoms with van der Waals surface area (Å²) >= 11 is 1.80. The molecule has 0 saturated carbocycles. The number of thiophene rings is 1. The zero-order valence-electron chi connectivity index (χ0n) is 11.0. The molecule has 0 amide bonds. The largest absolute Gasteiger partial charge is 0.316 e. The number of rotatable bonds is 6. The first-order valence-electron chi connectivity index (χ1n) is 6.26. The van der Waals surface area contributed by atoms with E-state index in [1.165, 1.54) is 18.4 Å². The van der Waals surface area contributed by atoms with E-state index in [0.29, 0.717) is 11.3 Å². The van der Waals surface area contributed by atoms with E-state index in [4.69, 9.17) is 0 Å². The van der Waals surface area contributed by atoms with Gasteiger partial charge in [-0.25, -0.2) is 0 Å². The molecule has 16 heavy (non-hydrogen) atoms. The Morgan fingerprint density at radius 1 is 1.38 bits per heavy atom. The maximum Gasteiger partial charge on any atom is -0.00123 e. The maximum absolute atomic E-state index is 3.56. The molecule has 0 saturated heterocycles. The molecule has 0 spiro atoms. The summed E-state index contributed by atoms with van der Waals surface area (Å²) in [5.74, 6) is 0.716. The first-order valence-corrected chi connectivity index (χ1v) is 7.20. The van der Waals surface area contributed by atoms with Gasteiger partial charge in [-0.15, -0.1) is 0 Å². The highest BCUT2D eigenvalue weighted by molar-refractivity contribution is 7.07. The Morgan fingerprint density at radius 3 is 2.62 bits per heavy atom. The fourth-order valence-corrected chi connectivity index (χ4v) is 2.51. The fraction of sp³-hybridized carbons (Fsp3) is 0.714. The lowest BCUT2D eigenvalue weighted by Crippen LogP contribution is -2.33. The molecule has 0 radical (unpaired) electrons. The summed E-state index contributed by atoms with van der Waals surface area (Å²) < 4.78 is 0. The van der Waals surface area contributed by atoms with Crippen molar-refractivity contribution in [2.75, 3.05) is 13.1 Å². The quantitative estimate of drug-likeness (QED) is 0.741. The van der Waals surface area contributed by atoms with E-state index < -0.39 is 0 Å². The van der Waals surface area contributed by atoms with Crippen molar-refractivity contribution in [2.24, 2.45) is 11.3 Å². The van der Waals surface area contributed by atoms with E-state index in [-0.39, 0.29) is 0 Å². The molecule has 0 fully saturated rings. The third kappa shape index (κ3) is 4.67. The second kappa shape index (κ2) is 6.41. The van der Waals surface area contributed by atoms with Crippen molar-refractivity contribution < 1.29 is 0 Å². The minimum atomic E-state index is 0.378. The SMILES string of the molecule is CCCNCC(Cc1ccsc1)C(C)(C)C. The lowest BCUT2D eigenvalue weighted by Gasteiger charge is -2.31. The van der Waals surface area contributed by atoms with Crippen molar-refractivity contribution in [3.05, 3.63) is 22.4 Å². The minimum absolute atomic E-state index is 0.378. The highest BCUT2D eigenvalue weighted by Crippen LogP contribution is 2.29. The van der Waals surface area contributed by atoms with Crippen LogP contribution in [-0.2, 0) is 6.42 Å². The van der Waals surface area contributed by atoms with Crippen LogP contribution >= 0.6 is 11.3 Å². The molecular weight excluding hydrogens is 214 g/mol. The smallest absolute Gasteiger partial charge is 0.00123 e. The summed E-state index contributed by atoms with van der Waals surface area (Å²) in [6.07, 6.45) is 2.42. The van der Waals surface area contributed by atoms with Crippen molar-refractivity contribution in [3.63, 3.8) is 0 Å². The Balaban J connectivity index is 2.51. The van der Waals surface area contributed by atoms with E-state index in [0.717, 1.165) is 13.1 Å². The molecule has 0 aliphatic rings. The van der Waals surface area contributed by atoms with Crippen LogP contribution in [0.1, 0.15) is 39.7 Å². The van der Waals surface area contributed by atoms with Crippen molar-refractivity contribution in [3.8, 4) is 0 Å². The van der Waals surface area contributed by atoms with Gasteiger partial charge in [-0.1, -0.05) is 27.7 Å². The van der Waals surface area contributed by atoms with Crippen LogP contribution < -0.4 is 5.32 Å². The second-order valence-electron chi connectivity index (χ2n) is 5.60. The van der Waals surface area contributed by atoms with Crippen LogP contribution in [0, 0.1) is 11.3 Å². The molecule has 0 bridgehead atoms. The lowest BCUT2D eigenvalue weighted by molar-refractivity contribution is 0.231. The molecular formula is C14H25NS. The summed E-state index contributed by atoms with van der Waals surface area (Å²) in [4.78, 5) is 0. The van der Waals surface area contributed by atoms with Crippen LogP contribution in [-0.4, -0.2) is 13.1 Å². The highest BCUT2D eigenvalue weighted by atomic mass is 32.1. The normalized spacial score (nSPS) is 14.0. The molecule has 1 aromatic rings. The zero-order chi connectivity index (χ0) is 12.0. The molecule has 1 N–H and O–H groups in total. The summed E-state index contributed by atoms with van der Waals surface area (Å²) in [6.45, 7) is 11.5. The van der Waals surface area contributed by atoms with Gasteiger partial charge in [-0.3, -0.25) is 0 Å². The van der Waals surface area contributed by atoms with Gasteiger partial charge >= 0.3 is 0 Å². The van der Waals surface area contributed by atoms with Gasteiger partial charge in [-0.2, -0.15) is 11.3 Å². The molecule has 0 aliphatic carbocycles. The monoisotopic (exact) mass is 239 g/mol. The Bertz CT molecular complexity index is 271. The van der Waals surface area contributed by atoms with Crippen molar-refractivity contribution >= 4 is 11.3 Å². The van der Waals surface area contributed by atoms with E-state index >= 15 is 0 Å². The maximum atomic E-state index is 3.56. The molecule has 1 nitrogen and oxygen atoms in total. The number of nitrogens with one attached hydrogen (secondary N) is 1. The van der Waals surface area contributed by atoms with Crippen LogP contribution in [0.15, 0.2) is 16.8 Å². The summed E-state index contributed by atoms with van der Waals surface area (Å²) in [5, 5.41) is 8.01. The third-order valence-electron chi connectivity index (χ3n) is 3.10. The molecule has 0 aliphatic heterocycles. The average molecular weight is 239 g/mol. The summed E-state index contributed by atoms with van der Waals surface area (Å²) in [7, 11) is 0. The standard InChI is InChI=1S/C14H25NS/c1-5-7-15-10-13(14(2,3)4)9-12-6-8-16-11-12/h6,8,11,13,15H,5,7,9-10H2,1-4H3. The lowest BCUT2D eigenvalue weighted by atomic mass is 9.77. The first-order chi connectivity index (χ1) is 7.54. The zero-order valence-corrected chi connectivity index (χ0v) is 11.9. The van der Waals surface area contributed by atoms with Gasteiger partial charge in [0.2, 0.25) is 0 Å². The third-order valence-corrected chi connectivity index (χ3v) is 3.84. The molecule has 1 unspecified atom stereocenters. The summed E-state index contributed by atoms with van der Waals surface area (Å²) in [6, 6.07) is 2.25. The van der Waals surface area contributed by atoms with Gasteiger partial charge in [0.05, 0.1) is 0 Å². The van der Waals surface area contributed by atoms with Gasteiger partial charge in [-0.05, 0) is 59.7 Å². The van der Waals surface area contributed by atoms with Crippen LogP contribution in [0.5, 0.6) is 0 Å². The van der Waals surface area contributed by atoms with E-state index in [1.54, 1.807) is 11.3 Å². The van der Waals surface area contributed by atoms with Crippen molar-refractivity contribution in [2.45, 2.75) is 40.5 Å². The van der Waals surface area contributed by atoms with Gasteiger partial charge in [0, 0.05) is 0 Å². The fourth-order valence-electron chi connectivity index (χ4n) is 1.83. The molecule has 2 heteroatoms. The molecule has 1 rings (SSSR count). The van der Waals surface area contributed by atoms with Crippen LogP contribution in [0.2, 0.25) is 0 Å². The Kier molecular flexibility index (Phi) is 5.50. The van der Waals surface area contributed by atoms with Gasteiger partial charge in [0.15, 0.2) is 0 Å². The predicted molar refractivity (Wildman–Crippen MR) is 74.1 cm³/mol. The number of hydrogen-bond acceptors (Lipinski definition) is 2. The molecule has 1 atom stereocenters. The molecule has 1 aromatic heterocycles. The van der Waals surface area contributed by atoms with Gasteiger partial charge in [0.25, 0.3) is 0 Å². The highest BCUT2D eigenvalue weighted by Gasteiger charge is 2.24. The number of hydrogen-bond donors (Lipinski definition) is 1. The van der Waals surface area contributed by atoms with Gasteiger partial charge in [0.1, 0.15) is 0 Å². The van der Waals surface area contributed by atoms with Gasteiger partial charge < -0.3 is 5.32 Å². The molecule has 92 valence electrons. The van der Waals surface area contributed by atoms with Crippen LogP contribution in [0.3, 0.4) is 0 Å². The topological polar surface area (TPSA) is 12.0 Å². The Hall–Kier alpha value is -0.340. The Labute approximate surface area is 104 Å². The summed E-state index contributed by atoms with van der Waals surface area (Å²) in [5.41, 5.74) is 1.87. The first kappa shape index (κ1) is 13.7. The van der Waals surface area contributed by atoms with Crippen LogP contribution in [0.25, 0.3) is 0 Å².